The van der Waals surface area contributed by atoms with Crippen molar-refractivity contribution in [2.45, 2.75) is 57.4 Å². The Morgan fingerprint density at radius 1 is 1.26 bits per heavy atom. The van der Waals surface area contributed by atoms with Crippen molar-refractivity contribution in [3.63, 3.8) is 0 Å². The maximum absolute atomic E-state index is 12.4. The molecule has 1 aliphatic carbocycles. The summed E-state index contributed by atoms with van der Waals surface area (Å²) in [4.78, 5) is 23.9. The Hall–Kier alpha value is -1.93. The van der Waals surface area contributed by atoms with E-state index in [2.05, 4.69) is 10.0 Å². The van der Waals surface area contributed by atoms with Crippen molar-refractivity contribution in [1.82, 2.24) is 10.0 Å². The van der Waals surface area contributed by atoms with Gasteiger partial charge in [-0.05, 0) is 55.2 Å². The number of hydrogen-bond acceptors (Lipinski definition) is 4. The molecule has 0 bridgehead atoms. The van der Waals surface area contributed by atoms with Gasteiger partial charge in [0, 0.05) is 12.1 Å². The predicted molar refractivity (Wildman–Crippen MR) is 102 cm³/mol. The number of carboxylic acids is 1. The predicted octanol–water partition coefficient (Wildman–Crippen LogP) is 2.38. The van der Waals surface area contributed by atoms with E-state index in [4.69, 9.17) is 0 Å². The Balaban J connectivity index is 2.07. The number of hydrogen-bond donors (Lipinski definition) is 3. The summed E-state index contributed by atoms with van der Waals surface area (Å²) in [6, 6.07) is 4.61. The highest BCUT2D eigenvalue weighted by atomic mass is 32.2. The Morgan fingerprint density at radius 2 is 1.93 bits per heavy atom. The molecule has 1 aromatic carbocycles. The van der Waals surface area contributed by atoms with E-state index in [1.807, 2.05) is 20.8 Å². The number of benzene rings is 1. The average Bonchev–Trinajstić information content (AvgIpc) is 3.40. The van der Waals surface area contributed by atoms with E-state index >= 15 is 0 Å². The van der Waals surface area contributed by atoms with Crippen LogP contribution in [0.25, 0.3) is 0 Å². The third-order valence-corrected chi connectivity index (χ3v) is 5.87. The van der Waals surface area contributed by atoms with Crippen molar-refractivity contribution in [2.24, 2.45) is 11.3 Å². The van der Waals surface area contributed by atoms with E-state index in [-0.39, 0.29) is 15.9 Å². The van der Waals surface area contributed by atoms with E-state index in [9.17, 15) is 23.1 Å². The van der Waals surface area contributed by atoms with Crippen LogP contribution in [0.3, 0.4) is 0 Å². The van der Waals surface area contributed by atoms with Crippen LogP contribution < -0.4 is 10.0 Å². The molecule has 150 valence electrons. The molecule has 0 aliphatic heterocycles. The van der Waals surface area contributed by atoms with Crippen molar-refractivity contribution in [1.29, 1.82) is 0 Å². The lowest BCUT2D eigenvalue weighted by atomic mass is 9.88. The second kappa shape index (κ2) is 8.39. The molecule has 0 aromatic heterocycles. The molecule has 1 aliphatic rings. The largest absolute Gasteiger partial charge is 0.480 e. The minimum atomic E-state index is -3.69. The smallest absolute Gasteiger partial charge is 0.326 e. The van der Waals surface area contributed by atoms with E-state index < -0.39 is 27.9 Å². The molecule has 2 rings (SSSR count). The van der Waals surface area contributed by atoms with Crippen LogP contribution in [0.5, 0.6) is 0 Å². The first-order chi connectivity index (χ1) is 12.5. The molecule has 1 aromatic rings. The molecular formula is C19H28N2O5S. The molecule has 0 radical (unpaired) electrons. The third kappa shape index (κ3) is 6.95. The minimum Gasteiger partial charge on any atom is -0.480 e. The van der Waals surface area contributed by atoms with E-state index in [0.717, 1.165) is 12.8 Å². The third-order valence-electron chi connectivity index (χ3n) is 4.45. The zero-order valence-electron chi connectivity index (χ0n) is 16.0. The van der Waals surface area contributed by atoms with Gasteiger partial charge in [0.15, 0.2) is 0 Å². The molecule has 0 heterocycles. The molecule has 3 N–H and O–H groups in total. The Labute approximate surface area is 160 Å². The van der Waals surface area contributed by atoms with Crippen LogP contribution in [-0.4, -0.2) is 38.0 Å². The van der Waals surface area contributed by atoms with Crippen molar-refractivity contribution in [3.8, 4) is 0 Å². The normalized spacial score (nSPS) is 16.0. The fourth-order valence-corrected chi connectivity index (χ4v) is 3.68. The number of sulfonamides is 1. The molecule has 27 heavy (non-hydrogen) atoms. The zero-order valence-corrected chi connectivity index (χ0v) is 16.8. The molecular weight excluding hydrogens is 368 g/mol. The maximum Gasteiger partial charge on any atom is 0.326 e. The molecule has 0 spiro atoms. The van der Waals surface area contributed by atoms with E-state index in [1.165, 1.54) is 24.3 Å². The van der Waals surface area contributed by atoms with Gasteiger partial charge in [-0.15, -0.1) is 0 Å². The lowest BCUT2D eigenvalue weighted by Gasteiger charge is -2.21. The second-order valence-corrected chi connectivity index (χ2v) is 10.1. The highest BCUT2D eigenvalue weighted by Gasteiger charge is 2.26. The molecule has 1 fully saturated rings. The highest BCUT2D eigenvalue weighted by molar-refractivity contribution is 7.89. The minimum absolute atomic E-state index is 0.00244. The molecule has 7 nitrogen and oxygen atoms in total. The van der Waals surface area contributed by atoms with Gasteiger partial charge in [0.25, 0.3) is 5.91 Å². The Morgan fingerprint density at radius 3 is 2.48 bits per heavy atom. The number of aliphatic carboxylic acids is 1. The van der Waals surface area contributed by atoms with Gasteiger partial charge in [0.05, 0.1) is 4.90 Å². The van der Waals surface area contributed by atoms with Crippen LogP contribution in [-0.2, 0) is 14.8 Å². The summed E-state index contributed by atoms with van der Waals surface area (Å²) in [7, 11) is -3.69. The highest BCUT2D eigenvalue weighted by Crippen LogP contribution is 2.28. The summed E-state index contributed by atoms with van der Waals surface area (Å²) < 4.78 is 27.2. The van der Waals surface area contributed by atoms with Crippen LogP contribution >= 0.6 is 0 Å². The molecule has 0 saturated heterocycles. The first-order valence-electron chi connectivity index (χ1n) is 9.11. The van der Waals surface area contributed by atoms with Gasteiger partial charge < -0.3 is 10.4 Å². The van der Waals surface area contributed by atoms with E-state index in [0.29, 0.717) is 25.3 Å². The standard InChI is InChI=1S/C19H28N2O5S/c1-19(2,3)10-9-16(18(23)24)21-17(22)14-5-4-6-15(11-14)27(25,26)20-12-13-7-8-13/h4-6,11,13,16,20H,7-10,12H2,1-3H3,(H,21,22)(H,23,24). The van der Waals surface area contributed by atoms with Gasteiger partial charge in [-0.25, -0.2) is 17.9 Å². The van der Waals surface area contributed by atoms with Gasteiger partial charge in [0.1, 0.15) is 6.04 Å². The lowest BCUT2D eigenvalue weighted by molar-refractivity contribution is -0.139. The van der Waals surface area contributed by atoms with Crippen LogP contribution in [0.15, 0.2) is 29.2 Å². The summed E-state index contributed by atoms with van der Waals surface area (Å²) >= 11 is 0. The molecule has 1 unspecified atom stereocenters. The summed E-state index contributed by atoms with van der Waals surface area (Å²) in [6.07, 6.45) is 2.97. The van der Waals surface area contributed by atoms with Crippen LogP contribution in [0.1, 0.15) is 56.8 Å². The van der Waals surface area contributed by atoms with Gasteiger partial charge in [-0.3, -0.25) is 4.79 Å². The molecule has 1 saturated carbocycles. The Bertz CT molecular complexity index is 795. The number of carbonyl (C=O) groups excluding carboxylic acids is 1. The fraction of sp³-hybridized carbons (Fsp3) is 0.579. The van der Waals surface area contributed by atoms with E-state index in [1.54, 1.807) is 0 Å². The lowest BCUT2D eigenvalue weighted by Crippen LogP contribution is -2.41. The SMILES string of the molecule is CC(C)(C)CCC(NC(=O)c1cccc(S(=O)(=O)NCC2CC2)c1)C(=O)O. The average molecular weight is 397 g/mol. The van der Waals surface area contributed by atoms with Gasteiger partial charge >= 0.3 is 5.97 Å². The topological polar surface area (TPSA) is 113 Å². The fourth-order valence-electron chi connectivity index (χ4n) is 2.51. The maximum atomic E-state index is 12.4. The van der Waals surface area contributed by atoms with Crippen molar-refractivity contribution >= 4 is 21.9 Å². The first kappa shape index (κ1) is 21.4. The van der Waals surface area contributed by atoms with Gasteiger partial charge in [0.2, 0.25) is 10.0 Å². The summed E-state index contributed by atoms with van der Waals surface area (Å²) in [5, 5.41) is 11.8. The van der Waals surface area contributed by atoms with Gasteiger partial charge in [-0.2, -0.15) is 0 Å². The number of nitrogens with one attached hydrogen (secondary N) is 2. The van der Waals surface area contributed by atoms with Crippen molar-refractivity contribution in [3.05, 3.63) is 29.8 Å². The quantitative estimate of drug-likeness (QED) is 0.593. The number of rotatable bonds is 9. The summed E-state index contributed by atoms with van der Waals surface area (Å²) in [5.74, 6) is -1.32. The van der Waals surface area contributed by atoms with Crippen LogP contribution in [0.2, 0.25) is 0 Å². The zero-order chi connectivity index (χ0) is 20.2. The van der Waals surface area contributed by atoms with Crippen molar-refractivity contribution in [2.75, 3.05) is 6.54 Å². The van der Waals surface area contributed by atoms with Crippen molar-refractivity contribution < 1.29 is 23.1 Å². The van der Waals surface area contributed by atoms with Gasteiger partial charge in [-0.1, -0.05) is 26.8 Å². The summed E-state index contributed by atoms with van der Waals surface area (Å²) in [6.45, 7) is 6.39. The monoisotopic (exact) mass is 396 g/mol. The molecule has 1 amide bonds. The second-order valence-electron chi connectivity index (χ2n) is 8.29. The molecule has 8 heteroatoms. The Kier molecular flexibility index (Phi) is 6.64. The summed E-state index contributed by atoms with van der Waals surface area (Å²) in [5.41, 5.74) is 0.0610. The molecule has 1 atom stereocenters. The first-order valence-corrected chi connectivity index (χ1v) is 10.6. The van der Waals surface area contributed by atoms with Crippen LogP contribution in [0, 0.1) is 11.3 Å². The number of carboxylic acid groups (broad SMARTS) is 1. The number of carbonyl (C=O) groups is 2. The number of amides is 1. The van der Waals surface area contributed by atoms with Crippen LogP contribution in [0.4, 0.5) is 0 Å².